The van der Waals surface area contributed by atoms with Gasteiger partial charge in [0.25, 0.3) is 0 Å². The Hall–Kier alpha value is -0.830. The Morgan fingerprint density at radius 1 is 1.56 bits per heavy atom. The molecule has 1 unspecified atom stereocenters. The maximum Gasteiger partial charge on any atom is 0.0591 e. The molecule has 1 aliphatic rings. The van der Waals surface area contributed by atoms with Gasteiger partial charge in [0, 0.05) is 12.1 Å². The fraction of sp³-hybridized carbons (Fsp3) is 0.769. The fourth-order valence-corrected chi connectivity index (χ4v) is 2.11. The maximum absolute atomic E-state index is 9.59. The summed E-state index contributed by atoms with van der Waals surface area (Å²) in [5, 5.41) is 21.1. The van der Waals surface area contributed by atoms with Crippen molar-refractivity contribution in [3.63, 3.8) is 0 Å². The highest BCUT2D eigenvalue weighted by atomic mass is 16.4. The summed E-state index contributed by atoms with van der Waals surface area (Å²) in [6.07, 6.45) is 10.1. The largest absolute Gasteiger partial charge is 0.411 e. The van der Waals surface area contributed by atoms with Gasteiger partial charge in [-0.3, -0.25) is 0 Å². The topological polar surface area (TPSA) is 52.8 Å². The second-order valence-corrected chi connectivity index (χ2v) is 5.33. The molecule has 3 nitrogen and oxygen atoms in total. The van der Waals surface area contributed by atoms with Gasteiger partial charge in [-0.15, -0.1) is 5.16 Å². The highest BCUT2D eigenvalue weighted by Gasteiger charge is 2.15. The number of rotatable bonds is 5. The third kappa shape index (κ3) is 5.31. The molecule has 0 amide bonds. The second-order valence-electron chi connectivity index (χ2n) is 5.33. The first kappa shape index (κ1) is 13.2. The average molecular weight is 225 g/mol. The van der Waals surface area contributed by atoms with Crippen LogP contribution in [0.3, 0.4) is 0 Å². The molecule has 0 saturated carbocycles. The molecule has 1 aliphatic carbocycles. The van der Waals surface area contributed by atoms with E-state index in [1.807, 2.05) is 13.8 Å². The Morgan fingerprint density at radius 3 is 2.81 bits per heavy atom. The number of nitrogens with zero attached hydrogens (tertiary/aromatic N) is 1. The zero-order valence-corrected chi connectivity index (χ0v) is 10.3. The van der Waals surface area contributed by atoms with Gasteiger partial charge in [0.2, 0.25) is 0 Å². The Kier molecular flexibility index (Phi) is 5.00. The van der Waals surface area contributed by atoms with Crippen LogP contribution in [0.1, 0.15) is 52.4 Å². The predicted octanol–water partition coefficient (Wildman–Crippen LogP) is 3.11. The van der Waals surface area contributed by atoms with Crippen LogP contribution in [0, 0.1) is 5.92 Å². The van der Waals surface area contributed by atoms with E-state index in [2.05, 4.69) is 11.2 Å². The van der Waals surface area contributed by atoms with Gasteiger partial charge in [-0.2, -0.15) is 0 Å². The Morgan fingerprint density at radius 2 is 2.31 bits per heavy atom. The van der Waals surface area contributed by atoms with Crippen molar-refractivity contribution in [3.8, 4) is 0 Å². The maximum atomic E-state index is 9.59. The summed E-state index contributed by atoms with van der Waals surface area (Å²) < 4.78 is 0. The molecule has 0 fully saturated rings. The zero-order valence-electron chi connectivity index (χ0n) is 10.3. The van der Waals surface area contributed by atoms with Crippen LogP contribution in [0.15, 0.2) is 16.8 Å². The normalized spacial score (nSPS) is 22.4. The highest BCUT2D eigenvalue weighted by Crippen LogP contribution is 2.26. The third-order valence-electron chi connectivity index (χ3n) is 3.11. The molecule has 0 heterocycles. The van der Waals surface area contributed by atoms with E-state index in [-0.39, 0.29) is 0 Å². The molecular weight excluding hydrogens is 202 g/mol. The van der Waals surface area contributed by atoms with Crippen molar-refractivity contribution < 1.29 is 10.3 Å². The minimum Gasteiger partial charge on any atom is -0.411 e. The molecule has 0 radical (unpaired) electrons. The molecule has 3 heteroatoms. The van der Waals surface area contributed by atoms with Crippen molar-refractivity contribution in [3.05, 3.63) is 11.6 Å². The predicted molar refractivity (Wildman–Crippen MR) is 65.9 cm³/mol. The molecule has 92 valence electrons. The molecule has 1 atom stereocenters. The second kappa shape index (κ2) is 6.04. The molecule has 0 saturated heterocycles. The summed E-state index contributed by atoms with van der Waals surface area (Å²) in [6, 6.07) is 0. The van der Waals surface area contributed by atoms with Crippen molar-refractivity contribution in [2.75, 3.05) is 0 Å². The SMILES string of the molecule is CC(C)(O)CCCC1=CCC(/C=N\O)CC1. The number of aliphatic hydroxyl groups is 1. The van der Waals surface area contributed by atoms with Gasteiger partial charge in [-0.25, -0.2) is 0 Å². The molecule has 16 heavy (non-hydrogen) atoms. The van der Waals surface area contributed by atoms with Crippen LogP contribution in [0.2, 0.25) is 0 Å². The quantitative estimate of drug-likeness (QED) is 0.327. The summed E-state index contributed by atoms with van der Waals surface area (Å²) in [7, 11) is 0. The molecule has 0 aromatic heterocycles. The van der Waals surface area contributed by atoms with E-state index in [9.17, 15) is 5.11 Å². The van der Waals surface area contributed by atoms with Crippen molar-refractivity contribution in [2.24, 2.45) is 11.1 Å². The van der Waals surface area contributed by atoms with Crippen LogP contribution in [-0.2, 0) is 0 Å². The van der Waals surface area contributed by atoms with Crippen molar-refractivity contribution >= 4 is 6.21 Å². The summed E-state index contributed by atoms with van der Waals surface area (Å²) in [4.78, 5) is 0. The van der Waals surface area contributed by atoms with Crippen molar-refractivity contribution in [1.82, 2.24) is 0 Å². The standard InChI is InChI=1S/C13H23NO2/c1-13(2,15)9-3-4-11-5-7-12(8-6-11)10-14-16/h5,10,12,15-16H,3-4,6-9H2,1-2H3/b14-10-. The lowest BCUT2D eigenvalue weighted by atomic mass is 9.87. The van der Waals surface area contributed by atoms with E-state index in [1.54, 1.807) is 6.21 Å². The zero-order chi connectivity index (χ0) is 12.0. The molecule has 0 aromatic rings. The van der Waals surface area contributed by atoms with Crippen LogP contribution in [-0.4, -0.2) is 22.1 Å². The van der Waals surface area contributed by atoms with Gasteiger partial charge in [-0.1, -0.05) is 11.6 Å². The lowest BCUT2D eigenvalue weighted by Gasteiger charge is -2.20. The molecule has 2 N–H and O–H groups in total. The molecule has 0 spiro atoms. The Bertz CT molecular complexity index is 264. The number of allylic oxidation sites excluding steroid dienone is 2. The monoisotopic (exact) mass is 225 g/mol. The van der Waals surface area contributed by atoms with E-state index in [0.717, 1.165) is 38.5 Å². The van der Waals surface area contributed by atoms with Crippen molar-refractivity contribution in [2.45, 2.75) is 58.0 Å². The van der Waals surface area contributed by atoms with Crippen molar-refractivity contribution in [1.29, 1.82) is 0 Å². The highest BCUT2D eigenvalue weighted by molar-refractivity contribution is 5.60. The molecule has 0 aromatic carbocycles. The first-order valence-corrected chi connectivity index (χ1v) is 6.09. The van der Waals surface area contributed by atoms with Crippen LogP contribution < -0.4 is 0 Å². The Labute approximate surface area is 97.9 Å². The summed E-state index contributed by atoms with van der Waals surface area (Å²) in [5.41, 5.74) is 0.952. The van der Waals surface area contributed by atoms with E-state index in [0.29, 0.717) is 5.92 Å². The van der Waals surface area contributed by atoms with Gasteiger partial charge in [0.15, 0.2) is 0 Å². The number of hydrogen-bond acceptors (Lipinski definition) is 3. The molecular formula is C13H23NO2. The van der Waals surface area contributed by atoms with Gasteiger partial charge in [0.1, 0.15) is 0 Å². The molecule has 0 bridgehead atoms. The molecule has 0 aliphatic heterocycles. The summed E-state index contributed by atoms with van der Waals surface area (Å²) >= 11 is 0. The fourth-order valence-electron chi connectivity index (χ4n) is 2.11. The first-order chi connectivity index (χ1) is 7.51. The lowest BCUT2D eigenvalue weighted by Crippen LogP contribution is -2.18. The third-order valence-corrected chi connectivity index (χ3v) is 3.11. The average Bonchev–Trinajstić information content (AvgIpc) is 2.19. The van der Waals surface area contributed by atoms with E-state index >= 15 is 0 Å². The van der Waals surface area contributed by atoms with E-state index in [4.69, 9.17) is 5.21 Å². The minimum atomic E-state index is -0.540. The summed E-state index contributed by atoms with van der Waals surface area (Å²) in [5.74, 6) is 0.406. The van der Waals surface area contributed by atoms with E-state index < -0.39 is 5.60 Å². The smallest absolute Gasteiger partial charge is 0.0591 e. The van der Waals surface area contributed by atoms with E-state index in [1.165, 1.54) is 5.57 Å². The van der Waals surface area contributed by atoms with Crippen LogP contribution in [0.5, 0.6) is 0 Å². The van der Waals surface area contributed by atoms with Crippen LogP contribution in [0.4, 0.5) is 0 Å². The van der Waals surface area contributed by atoms with Gasteiger partial charge < -0.3 is 10.3 Å². The summed E-state index contributed by atoms with van der Waals surface area (Å²) in [6.45, 7) is 3.71. The molecule has 1 rings (SSSR count). The van der Waals surface area contributed by atoms with Crippen LogP contribution in [0.25, 0.3) is 0 Å². The van der Waals surface area contributed by atoms with Gasteiger partial charge >= 0.3 is 0 Å². The van der Waals surface area contributed by atoms with Gasteiger partial charge in [-0.05, 0) is 52.4 Å². The first-order valence-electron chi connectivity index (χ1n) is 6.09. The number of oxime groups is 1. The Balaban J connectivity index is 2.25. The van der Waals surface area contributed by atoms with Gasteiger partial charge in [0.05, 0.1) is 5.60 Å². The lowest BCUT2D eigenvalue weighted by molar-refractivity contribution is 0.0688. The minimum absolute atomic E-state index is 0.406. The van der Waals surface area contributed by atoms with Crippen LogP contribution >= 0.6 is 0 Å². The number of hydrogen-bond donors (Lipinski definition) is 2.